The Kier molecular flexibility index (Phi) is 4.04. The molecule has 1 aliphatic rings. The van der Waals surface area contributed by atoms with Gasteiger partial charge in [0, 0.05) is 17.8 Å². The summed E-state index contributed by atoms with van der Waals surface area (Å²) in [5.41, 5.74) is 4.18. The van der Waals surface area contributed by atoms with E-state index in [4.69, 9.17) is 5.84 Å². The lowest BCUT2D eigenvalue weighted by atomic mass is 9.67. The first-order valence-electron chi connectivity index (χ1n) is 6.82. The van der Waals surface area contributed by atoms with Crippen LogP contribution >= 0.6 is 0 Å². The third-order valence-corrected chi connectivity index (χ3v) is 4.15. The van der Waals surface area contributed by atoms with Crippen LogP contribution in [0.15, 0.2) is 12.1 Å². The Balaban J connectivity index is 2.01. The first-order chi connectivity index (χ1) is 9.08. The molecule has 0 aliphatic heterocycles. The van der Waals surface area contributed by atoms with Crippen molar-refractivity contribution >= 4 is 11.7 Å². The van der Waals surface area contributed by atoms with Gasteiger partial charge < -0.3 is 10.7 Å². The maximum atomic E-state index is 12.2. The molecule has 1 aromatic rings. The lowest BCUT2D eigenvalue weighted by Crippen LogP contribution is -2.41. The summed E-state index contributed by atoms with van der Waals surface area (Å²) < 4.78 is 0. The van der Waals surface area contributed by atoms with Gasteiger partial charge in [-0.3, -0.25) is 4.79 Å². The molecule has 19 heavy (non-hydrogen) atoms. The summed E-state index contributed by atoms with van der Waals surface area (Å²) in [5.74, 6) is 5.80. The van der Waals surface area contributed by atoms with Crippen LogP contribution in [0, 0.1) is 12.3 Å². The Morgan fingerprint density at radius 1 is 1.47 bits per heavy atom. The van der Waals surface area contributed by atoms with Gasteiger partial charge in [0.1, 0.15) is 5.82 Å². The summed E-state index contributed by atoms with van der Waals surface area (Å²) in [4.78, 5) is 16.3. The van der Waals surface area contributed by atoms with E-state index in [2.05, 4.69) is 22.7 Å². The number of hydrogen-bond donors (Lipinski definition) is 3. The van der Waals surface area contributed by atoms with Crippen LogP contribution in [-0.2, 0) is 0 Å². The highest BCUT2D eigenvalue weighted by molar-refractivity contribution is 5.95. The van der Waals surface area contributed by atoms with Crippen molar-refractivity contribution in [3.8, 4) is 0 Å². The molecule has 104 valence electrons. The third kappa shape index (κ3) is 3.04. The van der Waals surface area contributed by atoms with E-state index < -0.39 is 0 Å². The standard InChI is InChI=1S/C14H22N4O/c1-3-14(5-4-6-14)9-16-13(19)11-7-10(2)17-12(8-11)18-15/h7-8H,3-6,9,15H2,1-2H3,(H,16,19)(H,17,18). The zero-order valence-electron chi connectivity index (χ0n) is 11.6. The number of pyridine rings is 1. The van der Waals surface area contributed by atoms with Gasteiger partial charge in [0.15, 0.2) is 0 Å². The van der Waals surface area contributed by atoms with Gasteiger partial charge in [-0.05, 0) is 43.7 Å². The molecule has 0 saturated heterocycles. The first kappa shape index (κ1) is 13.8. The van der Waals surface area contributed by atoms with Gasteiger partial charge in [-0.15, -0.1) is 0 Å². The van der Waals surface area contributed by atoms with Crippen LogP contribution in [0.25, 0.3) is 0 Å². The second-order valence-corrected chi connectivity index (χ2v) is 5.42. The molecule has 1 aliphatic carbocycles. The molecular formula is C14H22N4O. The molecule has 0 bridgehead atoms. The van der Waals surface area contributed by atoms with Crippen molar-refractivity contribution in [2.24, 2.45) is 11.3 Å². The van der Waals surface area contributed by atoms with E-state index in [0.29, 0.717) is 16.8 Å². The molecular weight excluding hydrogens is 240 g/mol. The minimum absolute atomic E-state index is 0.0540. The fourth-order valence-electron chi connectivity index (χ4n) is 2.58. The molecule has 0 unspecified atom stereocenters. The molecule has 5 nitrogen and oxygen atoms in total. The second kappa shape index (κ2) is 5.57. The Bertz CT molecular complexity index is 463. The summed E-state index contributed by atoms with van der Waals surface area (Å²) in [5, 5.41) is 3.04. The second-order valence-electron chi connectivity index (χ2n) is 5.42. The minimum atomic E-state index is -0.0540. The van der Waals surface area contributed by atoms with E-state index in [0.717, 1.165) is 18.7 Å². The third-order valence-electron chi connectivity index (χ3n) is 4.15. The number of aromatic nitrogens is 1. The highest BCUT2D eigenvalue weighted by atomic mass is 16.1. The number of anilines is 1. The molecule has 4 N–H and O–H groups in total. The van der Waals surface area contributed by atoms with E-state index in [1.165, 1.54) is 19.3 Å². The molecule has 0 radical (unpaired) electrons. The summed E-state index contributed by atoms with van der Waals surface area (Å²) >= 11 is 0. The van der Waals surface area contributed by atoms with Gasteiger partial charge in [-0.1, -0.05) is 13.3 Å². The maximum Gasteiger partial charge on any atom is 0.251 e. The van der Waals surface area contributed by atoms with Crippen molar-refractivity contribution in [1.29, 1.82) is 0 Å². The average Bonchev–Trinajstić information content (AvgIpc) is 2.37. The largest absolute Gasteiger partial charge is 0.351 e. The molecule has 0 spiro atoms. The van der Waals surface area contributed by atoms with Crippen LogP contribution in [0.5, 0.6) is 0 Å². The summed E-state index contributed by atoms with van der Waals surface area (Å²) in [6.45, 7) is 4.80. The Hall–Kier alpha value is -1.62. The van der Waals surface area contributed by atoms with Crippen molar-refractivity contribution in [3.05, 3.63) is 23.4 Å². The number of hydrogen-bond acceptors (Lipinski definition) is 4. The minimum Gasteiger partial charge on any atom is -0.351 e. The number of nitrogen functional groups attached to an aromatic ring is 1. The zero-order valence-corrected chi connectivity index (χ0v) is 11.6. The lowest BCUT2D eigenvalue weighted by Gasteiger charge is -2.41. The summed E-state index contributed by atoms with van der Waals surface area (Å²) in [6.07, 6.45) is 4.83. The van der Waals surface area contributed by atoms with Gasteiger partial charge in [0.25, 0.3) is 5.91 Å². The number of nitrogens with zero attached hydrogens (tertiary/aromatic N) is 1. The molecule has 1 heterocycles. The SMILES string of the molecule is CCC1(CNC(=O)c2cc(C)nc(NN)c2)CCC1. The first-order valence-corrected chi connectivity index (χ1v) is 6.82. The fourth-order valence-corrected chi connectivity index (χ4v) is 2.58. The number of carbonyl (C=O) groups excluding carboxylic acids is 1. The Labute approximate surface area is 114 Å². The van der Waals surface area contributed by atoms with E-state index in [9.17, 15) is 4.79 Å². The summed E-state index contributed by atoms with van der Waals surface area (Å²) in [7, 11) is 0. The monoisotopic (exact) mass is 262 g/mol. The molecule has 0 atom stereocenters. The number of nitrogens with one attached hydrogen (secondary N) is 2. The van der Waals surface area contributed by atoms with E-state index in [1.807, 2.05) is 6.92 Å². The van der Waals surface area contributed by atoms with Gasteiger partial charge in [-0.2, -0.15) is 0 Å². The van der Waals surface area contributed by atoms with Crippen LogP contribution in [0.2, 0.25) is 0 Å². The van der Waals surface area contributed by atoms with Crippen LogP contribution in [0.1, 0.15) is 48.7 Å². The number of hydrazine groups is 1. The smallest absolute Gasteiger partial charge is 0.251 e. The highest BCUT2D eigenvalue weighted by Crippen LogP contribution is 2.43. The number of aryl methyl sites for hydroxylation is 1. The maximum absolute atomic E-state index is 12.2. The van der Waals surface area contributed by atoms with E-state index in [1.54, 1.807) is 12.1 Å². The van der Waals surface area contributed by atoms with Crippen LogP contribution in [0.3, 0.4) is 0 Å². The van der Waals surface area contributed by atoms with Crippen LogP contribution in [-0.4, -0.2) is 17.4 Å². The molecule has 1 aromatic heterocycles. The molecule has 1 saturated carbocycles. The van der Waals surface area contributed by atoms with Crippen molar-refractivity contribution in [2.45, 2.75) is 39.5 Å². The molecule has 0 aromatic carbocycles. The van der Waals surface area contributed by atoms with Gasteiger partial charge in [0.05, 0.1) is 0 Å². The fraction of sp³-hybridized carbons (Fsp3) is 0.571. The van der Waals surface area contributed by atoms with Crippen LogP contribution < -0.4 is 16.6 Å². The molecule has 1 fully saturated rings. The topological polar surface area (TPSA) is 80.0 Å². The number of rotatable bonds is 5. The van der Waals surface area contributed by atoms with Gasteiger partial charge >= 0.3 is 0 Å². The van der Waals surface area contributed by atoms with Gasteiger partial charge in [0.2, 0.25) is 0 Å². The average molecular weight is 262 g/mol. The number of amides is 1. The Morgan fingerprint density at radius 2 is 2.21 bits per heavy atom. The predicted octanol–water partition coefficient (Wildman–Crippen LogP) is 1.99. The summed E-state index contributed by atoms with van der Waals surface area (Å²) in [6, 6.07) is 3.44. The molecule has 2 rings (SSSR count). The lowest BCUT2D eigenvalue weighted by molar-refractivity contribution is 0.0850. The van der Waals surface area contributed by atoms with E-state index in [-0.39, 0.29) is 5.91 Å². The van der Waals surface area contributed by atoms with Crippen LogP contribution in [0.4, 0.5) is 5.82 Å². The normalized spacial score (nSPS) is 16.6. The predicted molar refractivity (Wildman–Crippen MR) is 75.7 cm³/mol. The van der Waals surface area contributed by atoms with Crippen molar-refractivity contribution in [2.75, 3.05) is 12.0 Å². The van der Waals surface area contributed by atoms with Crippen molar-refractivity contribution in [1.82, 2.24) is 10.3 Å². The van der Waals surface area contributed by atoms with E-state index >= 15 is 0 Å². The quantitative estimate of drug-likeness (QED) is 0.560. The highest BCUT2D eigenvalue weighted by Gasteiger charge is 2.35. The Morgan fingerprint density at radius 3 is 2.74 bits per heavy atom. The van der Waals surface area contributed by atoms with Crippen molar-refractivity contribution in [3.63, 3.8) is 0 Å². The van der Waals surface area contributed by atoms with Gasteiger partial charge in [-0.25, -0.2) is 10.8 Å². The zero-order chi connectivity index (χ0) is 13.9. The van der Waals surface area contributed by atoms with Crippen molar-refractivity contribution < 1.29 is 4.79 Å². The number of carbonyl (C=O) groups is 1. The molecule has 5 heteroatoms. The number of nitrogens with two attached hydrogens (primary N) is 1. The molecule has 1 amide bonds.